The summed E-state index contributed by atoms with van der Waals surface area (Å²) < 4.78 is 49.6. The van der Waals surface area contributed by atoms with Crippen LogP contribution < -0.4 is 4.74 Å². The van der Waals surface area contributed by atoms with Crippen molar-refractivity contribution in [2.24, 2.45) is 0 Å². The third kappa shape index (κ3) is 4.30. The molecule has 0 saturated carbocycles. The van der Waals surface area contributed by atoms with E-state index in [1.807, 2.05) is 17.4 Å². The zero-order valence-electron chi connectivity index (χ0n) is 20.4. The average molecular weight is 520 g/mol. The third-order valence-electron chi connectivity index (χ3n) is 7.13. The zero-order chi connectivity index (χ0) is 25.6. The number of fused-ring (bicyclic) bond motifs is 2. The van der Waals surface area contributed by atoms with Gasteiger partial charge in [-0.2, -0.15) is 4.31 Å². The number of ether oxygens (including phenoxy) is 1. The van der Waals surface area contributed by atoms with E-state index >= 15 is 0 Å². The van der Waals surface area contributed by atoms with Crippen molar-refractivity contribution in [3.05, 3.63) is 88.9 Å². The molecule has 0 fully saturated rings. The van der Waals surface area contributed by atoms with Crippen LogP contribution in [-0.2, 0) is 29.3 Å². The molecule has 2 aromatic heterocycles. The first-order chi connectivity index (χ1) is 17.9. The first-order valence-electron chi connectivity index (χ1n) is 12.3. The number of sulfonamides is 1. The molecule has 0 unspecified atom stereocenters. The summed E-state index contributed by atoms with van der Waals surface area (Å²) in [6.07, 6.45) is 7.56. The largest absolute Gasteiger partial charge is 0.493 e. The first kappa shape index (κ1) is 23.7. The van der Waals surface area contributed by atoms with Gasteiger partial charge in [0.25, 0.3) is 0 Å². The van der Waals surface area contributed by atoms with Crippen molar-refractivity contribution in [3.63, 3.8) is 0 Å². The lowest BCUT2D eigenvalue weighted by molar-refractivity contribution is 0.356. The number of hydrogen-bond donors (Lipinski definition) is 0. The lowest BCUT2D eigenvalue weighted by Crippen LogP contribution is -2.34. The molecule has 0 atom stereocenters. The maximum Gasteiger partial charge on any atom is 0.243 e. The normalized spacial score (nSPS) is 16.0. The Morgan fingerprint density at radius 3 is 2.70 bits per heavy atom. The van der Waals surface area contributed by atoms with Crippen molar-refractivity contribution < 1.29 is 17.5 Å². The van der Waals surface area contributed by atoms with Gasteiger partial charge in [-0.25, -0.2) is 17.8 Å². The molecule has 2 aromatic carbocycles. The van der Waals surface area contributed by atoms with Gasteiger partial charge < -0.3 is 4.74 Å². The average Bonchev–Trinajstić information content (AvgIpc) is 3.59. The van der Waals surface area contributed by atoms with Crippen molar-refractivity contribution in [1.29, 1.82) is 0 Å². The van der Waals surface area contributed by atoms with Crippen LogP contribution in [0.5, 0.6) is 5.75 Å². The summed E-state index contributed by atoms with van der Waals surface area (Å²) in [7, 11) is -3.56. The van der Waals surface area contributed by atoms with Crippen LogP contribution in [0.1, 0.15) is 34.5 Å². The Morgan fingerprint density at radius 1 is 1.08 bits per heavy atom. The van der Waals surface area contributed by atoms with Gasteiger partial charge in [-0.05, 0) is 55.2 Å². The summed E-state index contributed by atoms with van der Waals surface area (Å²) >= 11 is 0. The molecule has 0 radical (unpaired) electrons. The highest BCUT2D eigenvalue weighted by molar-refractivity contribution is 7.89. The van der Waals surface area contributed by atoms with Gasteiger partial charge in [-0.15, -0.1) is 10.2 Å². The maximum absolute atomic E-state index is 14.6. The fourth-order valence-corrected chi connectivity index (χ4v) is 6.45. The minimum Gasteiger partial charge on any atom is -0.493 e. The second-order valence-electron chi connectivity index (χ2n) is 9.37. The van der Waals surface area contributed by atoms with Crippen molar-refractivity contribution in [3.8, 4) is 5.75 Å². The summed E-state index contributed by atoms with van der Waals surface area (Å²) in [5.41, 5.74) is 5.10. The molecule has 0 amide bonds. The van der Waals surface area contributed by atoms with Gasteiger partial charge in [-0.1, -0.05) is 23.8 Å². The second kappa shape index (κ2) is 9.35. The van der Waals surface area contributed by atoms with Gasteiger partial charge in [-0.3, -0.25) is 4.40 Å². The monoisotopic (exact) mass is 519 g/mol. The third-order valence-corrected chi connectivity index (χ3v) is 9.00. The lowest BCUT2D eigenvalue weighted by atomic mass is 9.99. The molecule has 0 spiro atoms. The van der Waals surface area contributed by atoms with E-state index in [0.29, 0.717) is 54.9 Å². The fraction of sp³-hybridized carbons (Fsp3) is 0.296. The second-order valence-corrected chi connectivity index (χ2v) is 11.3. The molecule has 190 valence electrons. The predicted octanol–water partition coefficient (Wildman–Crippen LogP) is 3.77. The number of rotatable bonds is 6. The molecule has 2 aliphatic rings. The molecule has 8 nitrogen and oxygen atoms in total. The van der Waals surface area contributed by atoms with Gasteiger partial charge in [0.05, 0.1) is 11.5 Å². The summed E-state index contributed by atoms with van der Waals surface area (Å²) in [4.78, 5) is 4.97. The lowest BCUT2D eigenvalue weighted by Gasteiger charge is -2.26. The standard InChI is InChI=1S/C27H26FN5O3S/c1-18-2-4-20(5-3-18)37(34,35)32-13-10-19(11-14-32)23-16-29-26(33-17-30-31-27(23)33)9-6-21-22-12-15-36-25(22)8-7-24(21)28/h2-5,7-8,10,16-17H,6,9,11-15H2,1H3. The molecule has 0 bridgehead atoms. The van der Waals surface area contributed by atoms with Crippen molar-refractivity contribution in [1.82, 2.24) is 23.9 Å². The Hall–Kier alpha value is -3.63. The van der Waals surface area contributed by atoms with E-state index < -0.39 is 10.0 Å². The van der Waals surface area contributed by atoms with Crippen molar-refractivity contribution in [2.45, 2.75) is 37.5 Å². The van der Waals surface area contributed by atoms with Crippen molar-refractivity contribution in [2.75, 3.05) is 19.7 Å². The van der Waals surface area contributed by atoms with Crippen LogP contribution in [0.25, 0.3) is 11.2 Å². The van der Waals surface area contributed by atoms with E-state index in [4.69, 9.17) is 4.74 Å². The van der Waals surface area contributed by atoms with E-state index in [2.05, 4.69) is 15.2 Å². The van der Waals surface area contributed by atoms with Crippen LogP contribution in [0.15, 0.2) is 59.9 Å². The van der Waals surface area contributed by atoms with E-state index in [0.717, 1.165) is 33.8 Å². The van der Waals surface area contributed by atoms with Crippen LogP contribution in [0.4, 0.5) is 4.39 Å². The highest BCUT2D eigenvalue weighted by atomic mass is 32.2. The smallest absolute Gasteiger partial charge is 0.243 e. The molecular formula is C27H26FN5O3S. The summed E-state index contributed by atoms with van der Waals surface area (Å²) in [6.45, 7) is 3.14. The van der Waals surface area contributed by atoms with Gasteiger partial charge in [0.1, 0.15) is 23.7 Å². The minimum absolute atomic E-state index is 0.224. The van der Waals surface area contributed by atoms with E-state index in [-0.39, 0.29) is 12.4 Å². The summed E-state index contributed by atoms with van der Waals surface area (Å²) in [6, 6.07) is 10.1. The molecule has 6 rings (SSSR count). The van der Waals surface area contributed by atoms with E-state index in [1.54, 1.807) is 42.9 Å². The predicted molar refractivity (Wildman–Crippen MR) is 136 cm³/mol. The highest BCUT2D eigenvalue weighted by Gasteiger charge is 2.27. The number of halogens is 1. The van der Waals surface area contributed by atoms with Crippen LogP contribution in [-0.4, -0.2) is 52.0 Å². The molecule has 0 aliphatic carbocycles. The molecule has 37 heavy (non-hydrogen) atoms. The Labute approximate surface area is 214 Å². The number of aromatic nitrogens is 4. The molecular weight excluding hydrogens is 493 g/mol. The first-order valence-corrected chi connectivity index (χ1v) is 13.7. The number of aryl methyl sites for hydroxylation is 2. The van der Waals surface area contributed by atoms with Gasteiger partial charge in [0.2, 0.25) is 10.0 Å². The Morgan fingerprint density at radius 2 is 1.92 bits per heavy atom. The molecule has 4 heterocycles. The number of nitrogens with zero attached hydrogens (tertiary/aromatic N) is 5. The molecule has 2 aliphatic heterocycles. The molecule has 4 aromatic rings. The van der Waals surface area contributed by atoms with Crippen LogP contribution in [0.3, 0.4) is 0 Å². The molecule has 10 heteroatoms. The molecule has 0 N–H and O–H groups in total. The Balaban J connectivity index is 1.23. The topological polar surface area (TPSA) is 89.7 Å². The SMILES string of the molecule is Cc1ccc(S(=O)(=O)N2CC=C(c3cnc(CCc4c(F)ccc5c4CCO5)n4cnnc34)CC2)cc1. The summed E-state index contributed by atoms with van der Waals surface area (Å²) in [5.74, 6) is 1.27. The maximum atomic E-state index is 14.6. The molecule has 0 saturated heterocycles. The van der Waals surface area contributed by atoms with E-state index in [1.165, 1.54) is 10.4 Å². The quantitative estimate of drug-likeness (QED) is 0.385. The number of hydrogen-bond acceptors (Lipinski definition) is 6. The zero-order valence-corrected chi connectivity index (χ0v) is 21.2. The van der Waals surface area contributed by atoms with E-state index in [9.17, 15) is 12.8 Å². The van der Waals surface area contributed by atoms with Gasteiger partial charge >= 0.3 is 0 Å². The van der Waals surface area contributed by atoms with Crippen LogP contribution in [0, 0.1) is 12.7 Å². The highest BCUT2D eigenvalue weighted by Crippen LogP contribution is 2.32. The van der Waals surface area contributed by atoms with Gasteiger partial charge in [0, 0.05) is 43.3 Å². The van der Waals surface area contributed by atoms with Crippen LogP contribution >= 0.6 is 0 Å². The Kier molecular flexibility index (Phi) is 6.00. The minimum atomic E-state index is -3.56. The Bertz CT molecular complexity index is 1630. The van der Waals surface area contributed by atoms with Gasteiger partial charge in [0.15, 0.2) is 5.65 Å². The number of benzene rings is 2. The van der Waals surface area contributed by atoms with Crippen molar-refractivity contribution >= 4 is 21.2 Å². The summed E-state index contributed by atoms with van der Waals surface area (Å²) in [5, 5.41) is 8.41. The van der Waals surface area contributed by atoms with Crippen LogP contribution in [0.2, 0.25) is 0 Å². The fourth-order valence-electron chi connectivity index (χ4n) is 5.07.